The summed E-state index contributed by atoms with van der Waals surface area (Å²) >= 11 is 0. The first-order valence-corrected chi connectivity index (χ1v) is 5.40. The van der Waals surface area contributed by atoms with E-state index in [2.05, 4.69) is 0 Å². The molecular weight excluding hydrogens is 278 g/mol. The monoisotopic (exact) mass is 285 g/mol. The van der Waals surface area contributed by atoms with Gasteiger partial charge in [0.1, 0.15) is 5.82 Å². The van der Waals surface area contributed by atoms with E-state index in [4.69, 9.17) is 0 Å². The molecule has 7 heteroatoms. The van der Waals surface area contributed by atoms with Crippen molar-refractivity contribution in [1.29, 1.82) is 0 Å². The average Bonchev–Trinajstić information content (AvgIpc) is 2.37. The number of hydrogen-bond acceptors (Lipinski definition) is 2. The van der Waals surface area contributed by atoms with Crippen LogP contribution >= 0.6 is 0 Å². The molecule has 2 aromatic carbocycles. The number of alkyl halides is 3. The number of nitro groups is 1. The summed E-state index contributed by atoms with van der Waals surface area (Å²) < 4.78 is 51.0. The van der Waals surface area contributed by atoms with Crippen molar-refractivity contribution in [2.75, 3.05) is 0 Å². The molecule has 0 fully saturated rings. The van der Waals surface area contributed by atoms with Gasteiger partial charge in [-0.15, -0.1) is 0 Å². The first kappa shape index (κ1) is 14.0. The molecule has 2 rings (SSSR count). The zero-order chi connectivity index (χ0) is 14.9. The standard InChI is InChI=1S/C13H7F4NO2/c14-12-7-9(13(15,16)17)4-5-11(12)8-2-1-3-10(6-8)18(19)20/h1-7H. The van der Waals surface area contributed by atoms with E-state index in [1.54, 1.807) is 0 Å². The van der Waals surface area contributed by atoms with E-state index in [9.17, 15) is 27.7 Å². The molecule has 20 heavy (non-hydrogen) atoms. The maximum Gasteiger partial charge on any atom is 0.416 e. The van der Waals surface area contributed by atoms with E-state index in [-0.39, 0.29) is 16.8 Å². The number of nitrogens with zero attached hydrogens (tertiary/aromatic N) is 1. The van der Waals surface area contributed by atoms with E-state index in [0.29, 0.717) is 6.07 Å². The highest BCUT2D eigenvalue weighted by Crippen LogP contribution is 2.33. The van der Waals surface area contributed by atoms with Crippen LogP contribution in [0, 0.1) is 15.9 Å². The van der Waals surface area contributed by atoms with Crippen LogP contribution in [0.5, 0.6) is 0 Å². The summed E-state index contributed by atoms with van der Waals surface area (Å²) in [5.41, 5.74) is -1.35. The van der Waals surface area contributed by atoms with Crippen molar-refractivity contribution in [2.24, 2.45) is 0 Å². The minimum atomic E-state index is -4.64. The largest absolute Gasteiger partial charge is 0.416 e. The summed E-state index contributed by atoms with van der Waals surface area (Å²) in [6.07, 6.45) is -4.64. The molecule has 0 unspecified atom stereocenters. The molecule has 0 saturated heterocycles. The van der Waals surface area contributed by atoms with Gasteiger partial charge < -0.3 is 0 Å². The van der Waals surface area contributed by atoms with E-state index in [0.717, 1.165) is 18.2 Å². The Hall–Kier alpha value is -2.44. The van der Waals surface area contributed by atoms with Crippen LogP contribution in [0.15, 0.2) is 42.5 Å². The van der Waals surface area contributed by atoms with Crippen LogP contribution in [0.3, 0.4) is 0 Å². The van der Waals surface area contributed by atoms with Crippen molar-refractivity contribution in [1.82, 2.24) is 0 Å². The minimum absolute atomic E-state index is 0.123. The Kier molecular flexibility index (Phi) is 3.44. The van der Waals surface area contributed by atoms with Gasteiger partial charge in [-0.05, 0) is 17.7 Å². The zero-order valence-electron chi connectivity index (χ0n) is 9.82. The molecular formula is C13H7F4NO2. The van der Waals surface area contributed by atoms with Gasteiger partial charge in [-0.3, -0.25) is 10.1 Å². The second-order valence-corrected chi connectivity index (χ2v) is 4.00. The number of halogens is 4. The van der Waals surface area contributed by atoms with Gasteiger partial charge in [0.05, 0.1) is 10.5 Å². The Labute approximate surface area is 110 Å². The summed E-state index contributed by atoms with van der Waals surface area (Å²) in [6, 6.07) is 7.10. The Morgan fingerprint density at radius 2 is 1.75 bits per heavy atom. The third-order valence-electron chi connectivity index (χ3n) is 2.66. The number of rotatable bonds is 2. The Morgan fingerprint density at radius 1 is 1.05 bits per heavy atom. The summed E-state index contributed by atoms with van der Waals surface area (Å²) in [5.74, 6) is -1.08. The fourth-order valence-corrected chi connectivity index (χ4v) is 1.71. The summed E-state index contributed by atoms with van der Waals surface area (Å²) in [4.78, 5) is 9.96. The SMILES string of the molecule is O=[N+]([O-])c1cccc(-c2ccc(C(F)(F)F)cc2F)c1. The second-order valence-electron chi connectivity index (χ2n) is 4.00. The van der Waals surface area contributed by atoms with Crippen molar-refractivity contribution >= 4 is 5.69 Å². The fraction of sp³-hybridized carbons (Fsp3) is 0.0769. The van der Waals surface area contributed by atoms with Gasteiger partial charge in [0.25, 0.3) is 5.69 Å². The highest BCUT2D eigenvalue weighted by atomic mass is 19.4. The van der Waals surface area contributed by atoms with Crippen LogP contribution in [-0.2, 0) is 6.18 Å². The third-order valence-corrected chi connectivity index (χ3v) is 2.66. The highest BCUT2D eigenvalue weighted by Gasteiger charge is 2.31. The van der Waals surface area contributed by atoms with E-state index >= 15 is 0 Å². The highest BCUT2D eigenvalue weighted by molar-refractivity contribution is 5.67. The van der Waals surface area contributed by atoms with Gasteiger partial charge in [-0.1, -0.05) is 18.2 Å². The molecule has 0 aromatic heterocycles. The number of non-ortho nitro benzene ring substituents is 1. The number of benzene rings is 2. The lowest BCUT2D eigenvalue weighted by atomic mass is 10.0. The average molecular weight is 285 g/mol. The quantitative estimate of drug-likeness (QED) is 0.465. The molecule has 0 N–H and O–H groups in total. The summed E-state index contributed by atoms with van der Waals surface area (Å²) in [7, 11) is 0. The topological polar surface area (TPSA) is 43.1 Å². The van der Waals surface area contributed by atoms with Gasteiger partial charge in [-0.25, -0.2) is 4.39 Å². The van der Waals surface area contributed by atoms with E-state index in [1.165, 1.54) is 18.2 Å². The summed E-state index contributed by atoms with van der Waals surface area (Å²) in [6.45, 7) is 0. The van der Waals surface area contributed by atoms with Gasteiger partial charge in [0.15, 0.2) is 0 Å². The Balaban J connectivity index is 2.49. The smallest absolute Gasteiger partial charge is 0.258 e. The molecule has 0 radical (unpaired) electrons. The third kappa shape index (κ3) is 2.76. The molecule has 0 saturated carbocycles. The predicted octanol–water partition coefficient (Wildman–Crippen LogP) is 4.42. The van der Waals surface area contributed by atoms with Crippen LogP contribution < -0.4 is 0 Å². The molecule has 0 atom stereocenters. The molecule has 3 nitrogen and oxygen atoms in total. The van der Waals surface area contributed by atoms with Crippen LogP contribution in [0.1, 0.15) is 5.56 Å². The van der Waals surface area contributed by atoms with Gasteiger partial charge in [0, 0.05) is 17.7 Å². The minimum Gasteiger partial charge on any atom is -0.258 e. The first-order valence-electron chi connectivity index (χ1n) is 5.40. The lowest BCUT2D eigenvalue weighted by Gasteiger charge is -2.09. The molecule has 0 spiro atoms. The molecule has 2 aromatic rings. The molecule has 0 aliphatic heterocycles. The van der Waals surface area contributed by atoms with Crippen LogP contribution in [0.4, 0.5) is 23.2 Å². The summed E-state index contributed by atoms with van der Waals surface area (Å²) in [5, 5.41) is 10.6. The lowest BCUT2D eigenvalue weighted by Crippen LogP contribution is -2.05. The van der Waals surface area contributed by atoms with Crippen molar-refractivity contribution in [2.45, 2.75) is 6.18 Å². The van der Waals surface area contributed by atoms with E-state index in [1.807, 2.05) is 0 Å². The maximum absolute atomic E-state index is 13.7. The van der Waals surface area contributed by atoms with Crippen molar-refractivity contribution in [3.05, 3.63) is 64.0 Å². The van der Waals surface area contributed by atoms with Crippen molar-refractivity contribution in [3.8, 4) is 11.1 Å². The van der Waals surface area contributed by atoms with Gasteiger partial charge in [-0.2, -0.15) is 13.2 Å². The fourth-order valence-electron chi connectivity index (χ4n) is 1.71. The van der Waals surface area contributed by atoms with Crippen LogP contribution in [0.25, 0.3) is 11.1 Å². The first-order chi connectivity index (χ1) is 9.29. The molecule has 0 bridgehead atoms. The Bertz CT molecular complexity index is 668. The molecule has 0 aliphatic carbocycles. The van der Waals surface area contributed by atoms with Crippen molar-refractivity contribution in [3.63, 3.8) is 0 Å². The molecule has 0 heterocycles. The normalized spacial score (nSPS) is 11.4. The van der Waals surface area contributed by atoms with E-state index < -0.39 is 22.5 Å². The Morgan fingerprint density at radius 3 is 2.30 bits per heavy atom. The van der Waals surface area contributed by atoms with Gasteiger partial charge in [0.2, 0.25) is 0 Å². The number of nitro benzene ring substituents is 1. The molecule has 104 valence electrons. The maximum atomic E-state index is 13.7. The zero-order valence-corrected chi connectivity index (χ0v) is 9.82. The second kappa shape index (κ2) is 4.92. The lowest BCUT2D eigenvalue weighted by molar-refractivity contribution is -0.384. The molecule has 0 amide bonds. The molecule has 0 aliphatic rings. The number of hydrogen-bond donors (Lipinski definition) is 0. The van der Waals surface area contributed by atoms with Crippen LogP contribution in [-0.4, -0.2) is 4.92 Å². The van der Waals surface area contributed by atoms with Gasteiger partial charge >= 0.3 is 6.18 Å². The predicted molar refractivity (Wildman–Crippen MR) is 63.5 cm³/mol. The van der Waals surface area contributed by atoms with Crippen LogP contribution in [0.2, 0.25) is 0 Å². The van der Waals surface area contributed by atoms with Crippen molar-refractivity contribution < 1.29 is 22.5 Å².